The molecule has 0 atom stereocenters. The summed E-state index contributed by atoms with van der Waals surface area (Å²) in [6, 6.07) is 3.04. The van der Waals surface area contributed by atoms with Crippen LogP contribution in [0.5, 0.6) is 0 Å². The van der Waals surface area contributed by atoms with Gasteiger partial charge in [-0.15, -0.1) is 0 Å². The van der Waals surface area contributed by atoms with Gasteiger partial charge >= 0.3 is 27.0 Å². The maximum atomic E-state index is 9.58. The van der Waals surface area contributed by atoms with Gasteiger partial charge in [0.05, 0.1) is 0 Å². The third-order valence-electron chi connectivity index (χ3n) is 1.97. The monoisotopic (exact) mass is 367 g/mol. The van der Waals surface area contributed by atoms with Crippen molar-refractivity contribution in [1.82, 2.24) is 0 Å². The molecule has 0 fully saturated rings. The van der Waals surface area contributed by atoms with Crippen LogP contribution < -0.4 is 0 Å². The Hall–Kier alpha value is 0.239. The topological polar surface area (TPSA) is 71.4 Å². The van der Waals surface area contributed by atoms with Crippen LogP contribution in [0.2, 0.25) is 18.1 Å². The van der Waals surface area contributed by atoms with E-state index in [0.717, 1.165) is 18.1 Å². The molecule has 0 aromatic rings. The van der Waals surface area contributed by atoms with Crippen LogP contribution in [0.3, 0.4) is 0 Å². The van der Waals surface area contributed by atoms with Crippen molar-refractivity contribution in [2.75, 3.05) is 0 Å². The zero-order valence-corrected chi connectivity index (χ0v) is 11.4. The van der Waals surface area contributed by atoms with Gasteiger partial charge in [0.15, 0.2) is 8.32 Å². The summed E-state index contributed by atoms with van der Waals surface area (Å²) >= 11 is -4.21. The normalized spacial score (nSPS) is 10.0. The summed E-state index contributed by atoms with van der Waals surface area (Å²) in [6.45, 7) is 6.25. The molecule has 6 heteroatoms. The van der Waals surface area contributed by atoms with Crippen molar-refractivity contribution >= 4 is 8.32 Å². The molecule has 0 amide bonds. The Bertz CT molecular complexity index is 178. The van der Waals surface area contributed by atoms with Crippen molar-refractivity contribution in [2.24, 2.45) is 0 Å². The first-order valence-corrected chi connectivity index (χ1v) is 9.76. The molecule has 0 unspecified atom stereocenters. The number of hydrogen-bond donors (Lipinski definition) is 1. The molecule has 12 heavy (non-hydrogen) atoms. The summed E-state index contributed by atoms with van der Waals surface area (Å²) in [4.78, 5) is 9.58. The zero-order valence-electron chi connectivity index (χ0n) is 7.67. The van der Waals surface area contributed by atoms with Crippen LogP contribution in [-0.2, 0) is 27.0 Å². The van der Waals surface area contributed by atoms with E-state index < -0.39 is 25.0 Å². The average molecular weight is 366 g/mol. The van der Waals surface area contributed by atoms with Gasteiger partial charge < -0.3 is 4.80 Å². The van der Waals surface area contributed by atoms with Crippen LogP contribution in [0, 0.1) is 0 Å². The molecule has 0 aromatic carbocycles. The standard InChI is InChI=1S/C6H16OSi.3O.Re/c1-4-8(7,5-2)6-3;;;;/h7H,4-6H2,1-3H3;;;;. The molecule has 0 saturated carbocycles. The third-order valence-corrected chi connectivity index (χ3v) is 5.92. The van der Waals surface area contributed by atoms with E-state index in [2.05, 4.69) is 20.8 Å². The molecular formula is C6H16O4ReSi. The van der Waals surface area contributed by atoms with E-state index in [9.17, 15) is 4.80 Å². The Morgan fingerprint density at radius 3 is 1.17 bits per heavy atom. The van der Waals surface area contributed by atoms with Gasteiger partial charge in [0.25, 0.3) is 0 Å². The molecule has 0 radical (unpaired) electrons. The molecule has 0 aromatic heterocycles. The zero-order chi connectivity index (χ0) is 10.2. The Balaban J connectivity index is 0. The van der Waals surface area contributed by atoms with E-state index >= 15 is 0 Å². The number of rotatable bonds is 3. The molecule has 0 saturated heterocycles. The van der Waals surface area contributed by atoms with Crippen molar-refractivity contribution in [1.29, 1.82) is 0 Å². The second-order valence-electron chi connectivity index (χ2n) is 2.47. The Labute approximate surface area is 79.3 Å². The van der Waals surface area contributed by atoms with Crippen LogP contribution in [0.4, 0.5) is 0 Å². The average Bonchev–Trinajstić information content (AvgIpc) is 2.02. The first-order chi connectivity index (χ1) is 5.41. The first-order valence-electron chi connectivity index (χ1n) is 3.87. The minimum atomic E-state index is -4.21. The van der Waals surface area contributed by atoms with E-state index in [1.807, 2.05) is 0 Å². The quantitative estimate of drug-likeness (QED) is 0.771. The Morgan fingerprint density at radius 2 is 1.17 bits per heavy atom. The Morgan fingerprint density at radius 1 is 1.00 bits per heavy atom. The maximum absolute atomic E-state index is 9.58. The van der Waals surface area contributed by atoms with E-state index in [0.29, 0.717) is 0 Å². The van der Waals surface area contributed by atoms with Gasteiger partial charge in [-0.2, -0.15) is 0 Å². The first kappa shape index (κ1) is 14.7. The fourth-order valence-corrected chi connectivity index (χ4v) is 2.25. The number of hydrogen-bond acceptors (Lipinski definition) is 4. The molecule has 1 N–H and O–H groups in total. The van der Waals surface area contributed by atoms with Crippen molar-refractivity contribution in [3.8, 4) is 0 Å². The second kappa shape index (κ2) is 7.87. The van der Waals surface area contributed by atoms with Gasteiger partial charge in [-0.25, -0.2) is 0 Å². The molecule has 75 valence electrons. The summed E-state index contributed by atoms with van der Waals surface area (Å²) < 4.78 is 25.8. The van der Waals surface area contributed by atoms with Crippen LogP contribution in [-0.4, -0.2) is 13.1 Å². The van der Waals surface area contributed by atoms with E-state index in [1.54, 1.807) is 0 Å². The van der Waals surface area contributed by atoms with Crippen LogP contribution in [0.1, 0.15) is 20.8 Å². The molecule has 0 rings (SSSR count). The van der Waals surface area contributed by atoms with Gasteiger partial charge in [0.2, 0.25) is 0 Å². The van der Waals surface area contributed by atoms with Crippen molar-refractivity contribution in [2.45, 2.75) is 38.9 Å². The minimum absolute atomic E-state index is 1.01. The third kappa shape index (κ3) is 10.2. The molecule has 0 aliphatic rings. The van der Waals surface area contributed by atoms with E-state index in [-0.39, 0.29) is 0 Å². The van der Waals surface area contributed by atoms with Crippen molar-refractivity contribution < 1.29 is 31.8 Å². The summed E-state index contributed by atoms with van der Waals surface area (Å²) in [5.74, 6) is 0. The molecule has 0 bridgehead atoms. The molecule has 0 heterocycles. The summed E-state index contributed by atoms with van der Waals surface area (Å²) in [5, 5.41) is 0. The van der Waals surface area contributed by atoms with Crippen LogP contribution in [0.25, 0.3) is 0 Å². The predicted molar refractivity (Wildman–Crippen MR) is 41.5 cm³/mol. The van der Waals surface area contributed by atoms with Gasteiger partial charge in [-0.1, -0.05) is 20.8 Å². The molecule has 0 aliphatic carbocycles. The second-order valence-corrected chi connectivity index (χ2v) is 8.40. The molecule has 4 nitrogen and oxygen atoms in total. The van der Waals surface area contributed by atoms with E-state index in [1.165, 1.54) is 0 Å². The fraction of sp³-hybridized carbons (Fsp3) is 1.00. The van der Waals surface area contributed by atoms with Crippen LogP contribution >= 0.6 is 0 Å². The molecule has 0 spiro atoms. The summed E-state index contributed by atoms with van der Waals surface area (Å²) in [7, 11) is -1.67. The van der Waals surface area contributed by atoms with Gasteiger partial charge in [-0.3, -0.25) is 0 Å². The molecule has 0 aliphatic heterocycles. The predicted octanol–water partition coefficient (Wildman–Crippen LogP) is 1.62. The molecular weight excluding hydrogens is 350 g/mol. The van der Waals surface area contributed by atoms with Crippen molar-refractivity contribution in [3.63, 3.8) is 0 Å². The fourth-order valence-electron chi connectivity index (χ4n) is 0.750. The summed E-state index contributed by atoms with van der Waals surface area (Å²) in [6.07, 6.45) is 0. The van der Waals surface area contributed by atoms with Gasteiger partial charge in [-0.05, 0) is 18.1 Å². The van der Waals surface area contributed by atoms with Crippen LogP contribution in [0.15, 0.2) is 0 Å². The van der Waals surface area contributed by atoms with Gasteiger partial charge in [0, 0.05) is 0 Å². The van der Waals surface area contributed by atoms with Crippen molar-refractivity contribution in [3.05, 3.63) is 0 Å². The van der Waals surface area contributed by atoms with Gasteiger partial charge in [0.1, 0.15) is 0 Å². The summed E-state index contributed by atoms with van der Waals surface area (Å²) in [5.41, 5.74) is 0. The van der Waals surface area contributed by atoms with E-state index in [4.69, 9.17) is 10.4 Å². The Kier molecular flexibility index (Phi) is 9.67. The SMILES string of the molecule is CC[Si](O)(CC)CC.[O]=[Re](=[O])=[O].